The lowest BCUT2D eigenvalue weighted by Gasteiger charge is -2.09. The van der Waals surface area contributed by atoms with Gasteiger partial charge in [0.25, 0.3) is 5.69 Å². The summed E-state index contributed by atoms with van der Waals surface area (Å²) in [5.41, 5.74) is -0.0210. The molecule has 0 fully saturated rings. The molecule has 0 saturated heterocycles. The first-order chi connectivity index (χ1) is 11.4. The summed E-state index contributed by atoms with van der Waals surface area (Å²) in [4.78, 5) is 25.7. The molecule has 0 radical (unpaired) electrons. The van der Waals surface area contributed by atoms with Gasteiger partial charge in [-0.05, 0) is 24.1 Å². The van der Waals surface area contributed by atoms with E-state index in [2.05, 4.69) is 10.3 Å². The first-order valence-corrected chi connectivity index (χ1v) is 7.26. The smallest absolute Gasteiger partial charge is 0.412 e. The third-order valence-corrected chi connectivity index (χ3v) is 2.79. The van der Waals surface area contributed by atoms with Gasteiger partial charge in [-0.2, -0.15) is 0 Å². The molecule has 0 unspecified atom stereocenters. The molecule has 0 bridgehead atoms. The van der Waals surface area contributed by atoms with Crippen LogP contribution in [0.15, 0.2) is 42.6 Å². The van der Waals surface area contributed by atoms with Crippen LogP contribution in [-0.2, 0) is 4.74 Å². The number of nitro benzene ring substituents is 1. The van der Waals surface area contributed by atoms with E-state index in [0.717, 1.165) is 0 Å². The van der Waals surface area contributed by atoms with E-state index in [0.29, 0.717) is 18.1 Å². The summed E-state index contributed by atoms with van der Waals surface area (Å²) in [6.07, 6.45) is 0.877. The highest BCUT2D eigenvalue weighted by atomic mass is 16.6. The quantitative estimate of drug-likeness (QED) is 0.634. The minimum Gasteiger partial charge on any atom is -0.457 e. The second kappa shape index (κ2) is 7.91. The summed E-state index contributed by atoms with van der Waals surface area (Å²) in [5.74, 6) is 1.38. The van der Waals surface area contributed by atoms with Crippen LogP contribution in [0.25, 0.3) is 0 Å². The second-order valence-corrected chi connectivity index (χ2v) is 5.35. The first-order valence-electron chi connectivity index (χ1n) is 7.26. The summed E-state index contributed by atoms with van der Waals surface area (Å²) in [7, 11) is 0. The van der Waals surface area contributed by atoms with Crippen molar-refractivity contribution in [2.24, 2.45) is 5.92 Å². The van der Waals surface area contributed by atoms with Crippen molar-refractivity contribution >= 4 is 17.6 Å². The van der Waals surface area contributed by atoms with Crippen LogP contribution in [0.1, 0.15) is 13.8 Å². The Morgan fingerprint density at radius 2 is 1.96 bits per heavy atom. The van der Waals surface area contributed by atoms with Crippen LogP contribution < -0.4 is 10.1 Å². The number of hydrogen-bond acceptors (Lipinski definition) is 6. The number of amides is 1. The van der Waals surface area contributed by atoms with E-state index in [1.54, 1.807) is 6.07 Å². The molecule has 126 valence electrons. The lowest BCUT2D eigenvalue weighted by atomic mass is 10.2. The minimum absolute atomic E-state index is 0.0210. The number of rotatable bonds is 6. The van der Waals surface area contributed by atoms with E-state index in [1.165, 1.54) is 36.5 Å². The molecule has 1 N–H and O–H groups in total. The maximum atomic E-state index is 11.6. The van der Waals surface area contributed by atoms with Gasteiger partial charge >= 0.3 is 6.09 Å². The van der Waals surface area contributed by atoms with Crippen molar-refractivity contribution in [1.29, 1.82) is 0 Å². The number of ether oxygens (including phenoxy) is 2. The number of non-ortho nitro benzene ring substituents is 1. The maximum absolute atomic E-state index is 11.6. The lowest BCUT2D eigenvalue weighted by Crippen LogP contribution is -2.17. The monoisotopic (exact) mass is 331 g/mol. The zero-order valence-corrected chi connectivity index (χ0v) is 13.3. The van der Waals surface area contributed by atoms with Crippen LogP contribution in [0.3, 0.4) is 0 Å². The van der Waals surface area contributed by atoms with Crippen molar-refractivity contribution in [2.45, 2.75) is 13.8 Å². The van der Waals surface area contributed by atoms with Gasteiger partial charge in [0.2, 0.25) is 0 Å². The largest absolute Gasteiger partial charge is 0.457 e. The SMILES string of the molecule is CC(C)COC(=O)Nc1cc(Oc2ccc([N+](=O)[O-])cc2)ccn1. The Hall–Kier alpha value is -3.16. The number of anilines is 1. The molecule has 0 aliphatic rings. The van der Waals surface area contributed by atoms with Crippen molar-refractivity contribution < 1.29 is 19.2 Å². The molecule has 2 aromatic rings. The average molecular weight is 331 g/mol. The van der Waals surface area contributed by atoms with Crippen molar-refractivity contribution in [3.8, 4) is 11.5 Å². The maximum Gasteiger partial charge on any atom is 0.412 e. The van der Waals surface area contributed by atoms with E-state index in [1.807, 2.05) is 13.8 Å². The van der Waals surface area contributed by atoms with Crippen molar-refractivity contribution in [3.63, 3.8) is 0 Å². The third-order valence-electron chi connectivity index (χ3n) is 2.79. The fourth-order valence-corrected chi connectivity index (χ4v) is 1.70. The number of nitrogens with zero attached hydrogens (tertiary/aromatic N) is 2. The van der Waals surface area contributed by atoms with E-state index >= 15 is 0 Å². The van der Waals surface area contributed by atoms with E-state index < -0.39 is 11.0 Å². The number of pyridine rings is 1. The molecule has 0 atom stereocenters. The average Bonchev–Trinajstić information content (AvgIpc) is 2.54. The molecule has 8 nitrogen and oxygen atoms in total. The molecule has 1 heterocycles. The molecular formula is C16H17N3O5. The van der Waals surface area contributed by atoms with Crippen molar-refractivity contribution in [3.05, 3.63) is 52.7 Å². The van der Waals surface area contributed by atoms with Gasteiger partial charge in [0.1, 0.15) is 17.3 Å². The van der Waals surface area contributed by atoms with Crippen LogP contribution in [0, 0.1) is 16.0 Å². The number of carbonyl (C=O) groups excluding carboxylic acids is 1. The fraction of sp³-hybridized carbons (Fsp3) is 0.250. The normalized spacial score (nSPS) is 10.3. The molecular weight excluding hydrogens is 314 g/mol. The van der Waals surface area contributed by atoms with E-state index in [4.69, 9.17) is 9.47 Å². The van der Waals surface area contributed by atoms with Gasteiger partial charge in [0.15, 0.2) is 0 Å². The molecule has 8 heteroatoms. The first kappa shape index (κ1) is 17.2. The van der Waals surface area contributed by atoms with Gasteiger partial charge in [-0.1, -0.05) is 13.8 Å². The van der Waals surface area contributed by atoms with Gasteiger partial charge < -0.3 is 9.47 Å². The van der Waals surface area contributed by atoms with Crippen LogP contribution in [0.4, 0.5) is 16.3 Å². The number of nitrogens with one attached hydrogen (secondary N) is 1. The Balaban J connectivity index is 1.99. The van der Waals surface area contributed by atoms with Gasteiger partial charge in [-0.15, -0.1) is 0 Å². The molecule has 0 spiro atoms. The number of aromatic nitrogens is 1. The summed E-state index contributed by atoms with van der Waals surface area (Å²) < 4.78 is 10.6. The summed E-state index contributed by atoms with van der Waals surface area (Å²) in [6.45, 7) is 4.18. The molecule has 1 amide bonds. The predicted octanol–water partition coefficient (Wildman–Crippen LogP) is 3.99. The molecule has 0 aliphatic carbocycles. The van der Waals surface area contributed by atoms with Crippen LogP contribution >= 0.6 is 0 Å². The molecule has 2 rings (SSSR count). The van der Waals surface area contributed by atoms with E-state index in [9.17, 15) is 14.9 Å². The number of carbonyl (C=O) groups is 1. The Bertz CT molecular complexity index is 716. The minimum atomic E-state index is -0.594. The second-order valence-electron chi connectivity index (χ2n) is 5.35. The topological polar surface area (TPSA) is 104 Å². The molecule has 24 heavy (non-hydrogen) atoms. The van der Waals surface area contributed by atoms with Crippen LogP contribution in [0.5, 0.6) is 11.5 Å². The zero-order chi connectivity index (χ0) is 17.5. The van der Waals surface area contributed by atoms with Gasteiger partial charge in [-0.3, -0.25) is 15.4 Å². The lowest BCUT2D eigenvalue weighted by molar-refractivity contribution is -0.384. The Kier molecular flexibility index (Phi) is 5.67. The highest BCUT2D eigenvalue weighted by Gasteiger charge is 2.08. The van der Waals surface area contributed by atoms with Crippen molar-refractivity contribution in [1.82, 2.24) is 4.98 Å². The summed E-state index contributed by atoms with van der Waals surface area (Å²) >= 11 is 0. The molecule has 1 aromatic carbocycles. The highest BCUT2D eigenvalue weighted by molar-refractivity contribution is 5.83. The zero-order valence-electron chi connectivity index (χ0n) is 13.3. The summed E-state index contributed by atoms with van der Waals surface area (Å²) in [5, 5.41) is 13.1. The Labute approximate surface area is 138 Å². The standard InChI is InChI=1S/C16H17N3O5/c1-11(2)10-23-16(20)18-15-9-14(7-8-17-15)24-13-5-3-12(4-6-13)19(21)22/h3-9,11H,10H2,1-2H3,(H,17,18,20). The van der Waals surface area contributed by atoms with Gasteiger partial charge in [0, 0.05) is 24.4 Å². The number of hydrogen-bond donors (Lipinski definition) is 1. The summed E-state index contributed by atoms with van der Waals surface area (Å²) in [6, 6.07) is 8.80. The number of nitro groups is 1. The predicted molar refractivity (Wildman–Crippen MR) is 87.2 cm³/mol. The molecule has 0 saturated carbocycles. The number of benzene rings is 1. The van der Waals surface area contributed by atoms with Gasteiger partial charge in [-0.25, -0.2) is 9.78 Å². The Morgan fingerprint density at radius 3 is 2.58 bits per heavy atom. The van der Waals surface area contributed by atoms with E-state index in [-0.39, 0.29) is 17.4 Å². The fourth-order valence-electron chi connectivity index (χ4n) is 1.70. The van der Waals surface area contributed by atoms with Gasteiger partial charge in [0.05, 0.1) is 11.5 Å². The molecule has 1 aromatic heterocycles. The highest BCUT2D eigenvalue weighted by Crippen LogP contribution is 2.24. The third kappa shape index (κ3) is 5.24. The molecule has 0 aliphatic heterocycles. The van der Waals surface area contributed by atoms with Crippen LogP contribution in [0.2, 0.25) is 0 Å². The van der Waals surface area contributed by atoms with Crippen LogP contribution in [-0.4, -0.2) is 22.6 Å². The van der Waals surface area contributed by atoms with Crippen molar-refractivity contribution in [2.75, 3.05) is 11.9 Å². The Morgan fingerprint density at radius 1 is 1.25 bits per heavy atom.